The zero-order chi connectivity index (χ0) is 15.7. The number of amides is 1. The van der Waals surface area contributed by atoms with Gasteiger partial charge in [0.1, 0.15) is 0 Å². The van der Waals surface area contributed by atoms with E-state index < -0.39 is 0 Å². The Hall–Kier alpha value is -1.83. The third-order valence-corrected chi connectivity index (χ3v) is 3.17. The second-order valence-electron chi connectivity index (χ2n) is 4.95. The molecule has 0 aliphatic heterocycles. The van der Waals surface area contributed by atoms with E-state index in [1.165, 1.54) is 0 Å². The summed E-state index contributed by atoms with van der Waals surface area (Å²) in [7, 11) is 1.64. The van der Waals surface area contributed by atoms with E-state index >= 15 is 0 Å². The Bertz CT molecular complexity index is 523. The first-order valence-electron chi connectivity index (χ1n) is 7.21. The molecule has 0 radical (unpaired) electrons. The molecular weight excluding hydrogens is 264 g/mol. The second-order valence-corrected chi connectivity index (χ2v) is 4.95. The highest BCUT2D eigenvalue weighted by Crippen LogP contribution is 2.11. The van der Waals surface area contributed by atoms with Crippen molar-refractivity contribution in [2.45, 2.75) is 32.7 Å². The summed E-state index contributed by atoms with van der Waals surface area (Å²) in [5.74, 6) is 5.71. The number of carbonyl (C=O) groups excluding carboxylic acids is 1. The van der Waals surface area contributed by atoms with Crippen molar-refractivity contribution in [3.05, 3.63) is 34.9 Å². The molecular formula is C17H24N2O2. The molecule has 1 unspecified atom stereocenters. The lowest BCUT2D eigenvalue weighted by molar-refractivity contribution is 0.0891. The Morgan fingerprint density at radius 3 is 2.86 bits per heavy atom. The summed E-state index contributed by atoms with van der Waals surface area (Å²) in [5.41, 5.74) is 7.88. The number of rotatable bonds is 6. The minimum Gasteiger partial charge on any atom is -0.383 e. The van der Waals surface area contributed by atoms with Crippen LogP contribution < -0.4 is 11.1 Å². The maximum atomic E-state index is 12.3. The van der Waals surface area contributed by atoms with Crippen molar-refractivity contribution in [2.75, 3.05) is 20.3 Å². The van der Waals surface area contributed by atoms with Gasteiger partial charge in [0.25, 0.3) is 5.91 Å². The van der Waals surface area contributed by atoms with Crippen LogP contribution in [0.5, 0.6) is 0 Å². The van der Waals surface area contributed by atoms with Gasteiger partial charge in [-0.15, -0.1) is 0 Å². The van der Waals surface area contributed by atoms with Crippen molar-refractivity contribution >= 4 is 5.91 Å². The first-order valence-corrected chi connectivity index (χ1v) is 7.21. The topological polar surface area (TPSA) is 64.3 Å². The molecule has 114 valence electrons. The molecule has 0 saturated carbocycles. The third kappa shape index (κ3) is 5.58. The van der Waals surface area contributed by atoms with Gasteiger partial charge in [-0.2, -0.15) is 0 Å². The molecule has 3 N–H and O–H groups in total. The first-order chi connectivity index (χ1) is 10.1. The number of ether oxygens (including phenoxy) is 1. The van der Waals surface area contributed by atoms with Crippen molar-refractivity contribution in [1.82, 2.24) is 5.32 Å². The van der Waals surface area contributed by atoms with E-state index in [0.29, 0.717) is 18.7 Å². The van der Waals surface area contributed by atoms with Crippen molar-refractivity contribution in [2.24, 2.45) is 5.73 Å². The number of hydrogen-bond acceptors (Lipinski definition) is 3. The number of benzene rings is 1. The molecule has 1 rings (SSSR count). The van der Waals surface area contributed by atoms with Crippen LogP contribution >= 0.6 is 0 Å². The lowest BCUT2D eigenvalue weighted by Crippen LogP contribution is -2.37. The quantitative estimate of drug-likeness (QED) is 0.785. The molecule has 0 saturated heterocycles. The van der Waals surface area contributed by atoms with Crippen molar-refractivity contribution in [3.8, 4) is 11.8 Å². The average Bonchev–Trinajstić information content (AvgIpc) is 2.47. The number of nitrogens with one attached hydrogen (secondary N) is 1. The molecule has 1 atom stereocenters. The molecule has 4 heteroatoms. The van der Waals surface area contributed by atoms with Crippen LogP contribution in [0.4, 0.5) is 0 Å². The fourth-order valence-electron chi connectivity index (χ4n) is 2.06. The SMILES string of the molecule is CCCC(COC)NC(=O)c1ccc(C)c(C#CCN)c1. The number of aryl methyl sites for hydroxylation is 1. The summed E-state index contributed by atoms with van der Waals surface area (Å²) in [6.45, 7) is 4.88. The molecule has 0 aliphatic rings. The molecule has 0 fully saturated rings. The maximum Gasteiger partial charge on any atom is 0.251 e. The largest absolute Gasteiger partial charge is 0.383 e. The van der Waals surface area contributed by atoms with Gasteiger partial charge in [0, 0.05) is 18.2 Å². The Balaban J connectivity index is 2.86. The van der Waals surface area contributed by atoms with E-state index in [1.54, 1.807) is 7.11 Å². The van der Waals surface area contributed by atoms with Crippen LogP contribution in [0.15, 0.2) is 18.2 Å². The standard InChI is InChI=1S/C17H24N2O2/c1-4-6-16(12-21-3)19-17(20)15-9-8-13(2)14(11-15)7-5-10-18/h8-9,11,16H,4,6,10,12,18H2,1-3H3,(H,19,20). The lowest BCUT2D eigenvalue weighted by Gasteiger charge is -2.17. The monoisotopic (exact) mass is 288 g/mol. The fraction of sp³-hybridized carbons (Fsp3) is 0.471. The van der Waals surface area contributed by atoms with Gasteiger partial charge in [-0.25, -0.2) is 0 Å². The highest BCUT2D eigenvalue weighted by atomic mass is 16.5. The van der Waals surface area contributed by atoms with Gasteiger partial charge in [0.2, 0.25) is 0 Å². The van der Waals surface area contributed by atoms with Crippen LogP contribution in [0.2, 0.25) is 0 Å². The van der Waals surface area contributed by atoms with Crippen LogP contribution in [0.25, 0.3) is 0 Å². The van der Waals surface area contributed by atoms with Gasteiger partial charge >= 0.3 is 0 Å². The summed E-state index contributed by atoms with van der Waals surface area (Å²) in [5, 5.41) is 3.00. The highest BCUT2D eigenvalue weighted by molar-refractivity contribution is 5.94. The Morgan fingerprint density at radius 2 is 2.24 bits per heavy atom. The molecule has 1 aromatic rings. The van der Waals surface area contributed by atoms with Crippen molar-refractivity contribution in [1.29, 1.82) is 0 Å². The molecule has 1 amide bonds. The van der Waals surface area contributed by atoms with Crippen LogP contribution in [0.1, 0.15) is 41.3 Å². The summed E-state index contributed by atoms with van der Waals surface area (Å²) in [4.78, 5) is 12.3. The second kappa shape index (κ2) is 9.17. The zero-order valence-corrected chi connectivity index (χ0v) is 13.0. The zero-order valence-electron chi connectivity index (χ0n) is 13.0. The third-order valence-electron chi connectivity index (χ3n) is 3.17. The Kier molecular flexibility index (Phi) is 7.52. The van der Waals surface area contributed by atoms with Crippen LogP contribution in [0.3, 0.4) is 0 Å². The van der Waals surface area contributed by atoms with Gasteiger partial charge < -0.3 is 15.8 Å². The minimum atomic E-state index is -0.0960. The lowest BCUT2D eigenvalue weighted by atomic mass is 10.0. The number of methoxy groups -OCH3 is 1. The summed E-state index contributed by atoms with van der Waals surface area (Å²) < 4.78 is 5.14. The van der Waals surface area contributed by atoms with E-state index in [4.69, 9.17) is 10.5 Å². The van der Waals surface area contributed by atoms with Crippen molar-refractivity contribution in [3.63, 3.8) is 0 Å². The molecule has 21 heavy (non-hydrogen) atoms. The Labute approximate surface area is 127 Å². The van der Waals surface area contributed by atoms with Crippen LogP contribution in [0, 0.1) is 18.8 Å². The fourth-order valence-corrected chi connectivity index (χ4v) is 2.06. The van der Waals surface area contributed by atoms with Gasteiger partial charge in [-0.05, 0) is 31.0 Å². The molecule has 1 aromatic carbocycles. The number of nitrogens with two attached hydrogens (primary N) is 1. The molecule has 0 aliphatic carbocycles. The van der Waals surface area contributed by atoms with E-state index in [1.807, 2.05) is 25.1 Å². The molecule has 0 spiro atoms. The predicted molar refractivity (Wildman–Crippen MR) is 85.1 cm³/mol. The van der Waals surface area contributed by atoms with Crippen LogP contribution in [-0.4, -0.2) is 32.2 Å². The van der Waals surface area contributed by atoms with E-state index in [9.17, 15) is 4.79 Å². The van der Waals surface area contributed by atoms with Crippen LogP contribution in [-0.2, 0) is 4.74 Å². The van der Waals surface area contributed by atoms with Crippen molar-refractivity contribution < 1.29 is 9.53 Å². The summed E-state index contributed by atoms with van der Waals surface area (Å²) in [6, 6.07) is 5.56. The summed E-state index contributed by atoms with van der Waals surface area (Å²) in [6.07, 6.45) is 1.89. The average molecular weight is 288 g/mol. The van der Waals surface area contributed by atoms with Gasteiger partial charge in [0.15, 0.2) is 0 Å². The number of hydrogen-bond donors (Lipinski definition) is 2. The summed E-state index contributed by atoms with van der Waals surface area (Å²) >= 11 is 0. The van der Waals surface area contributed by atoms with Gasteiger partial charge in [-0.1, -0.05) is 31.3 Å². The minimum absolute atomic E-state index is 0.0346. The predicted octanol–water partition coefficient (Wildman–Crippen LogP) is 1.85. The van der Waals surface area contributed by atoms with E-state index in [2.05, 4.69) is 24.1 Å². The molecule has 0 heterocycles. The van der Waals surface area contributed by atoms with E-state index in [0.717, 1.165) is 24.0 Å². The first kappa shape index (κ1) is 17.2. The maximum absolute atomic E-state index is 12.3. The van der Waals surface area contributed by atoms with Gasteiger partial charge in [0.05, 0.1) is 19.2 Å². The highest BCUT2D eigenvalue weighted by Gasteiger charge is 2.13. The number of carbonyl (C=O) groups is 1. The van der Waals surface area contributed by atoms with Gasteiger partial charge in [-0.3, -0.25) is 4.79 Å². The normalized spacial score (nSPS) is 11.4. The molecule has 0 aromatic heterocycles. The Morgan fingerprint density at radius 1 is 1.48 bits per heavy atom. The molecule has 0 bridgehead atoms. The molecule has 4 nitrogen and oxygen atoms in total. The smallest absolute Gasteiger partial charge is 0.251 e. The van der Waals surface area contributed by atoms with E-state index in [-0.39, 0.29) is 11.9 Å².